The summed E-state index contributed by atoms with van der Waals surface area (Å²) in [6, 6.07) is 53.8. The predicted molar refractivity (Wildman–Crippen MR) is 230 cm³/mol. The number of Topliss-reactive ketones (excluding diaryl/α,β-unsaturated/α-hetero) is 1. The number of hydrazine groups is 1. The summed E-state index contributed by atoms with van der Waals surface area (Å²) in [5, 5.41) is 17.1. The second-order valence-electron chi connectivity index (χ2n) is 14.9. The molecule has 2 heterocycles. The number of benzene rings is 6. The van der Waals surface area contributed by atoms with Gasteiger partial charge in [0.1, 0.15) is 17.6 Å². The third-order valence-electron chi connectivity index (χ3n) is 11.3. The number of aromatic nitrogens is 4. The van der Waals surface area contributed by atoms with Crippen LogP contribution < -0.4 is 0 Å². The maximum absolute atomic E-state index is 14.6. The maximum atomic E-state index is 14.6. The molecule has 1 fully saturated rings. The second-order valence-corrected chi connectivity index (χ2v) is 14.9. The van der Waals surface area contributed by atoms with Gasteiger partial charge in [-0.15, -0.1) is 5.10 Å². The van der Waals surface area contributed by atoms with Gasteiger partial charge in [-0.25, -0.2) is 9.69 Å². The first-order chi connectivity index (χ1) is 29.5. The van der Waals surface area contributed by atoms with Crippen molar-refractivity contribution in [2.45, 2.75) is 50.2 Å². The number of esters is 1. The molecule has 6 aromatic carbocycles. The van der Waals surface area contributed by atoms with Crippen molar-refractivity contribution < 1.29 is 19.1 Å². The number of nitrogens with zero attached hydrogens (tertiary/aromatic N) is 6. The molecule has 60 heavy (non-hydrogen) atoms. The Morgan fingerprint density at radius 1 is 0.717 bits per heavy atom. The van der Waals surface area contributed by atoms with Crippen molar-refractivity contribution in [3.63, 3.8) is 0 Å². The van der Waals surface area contributed by atoms with Crippen LogP contribution in [0.5, 0.6) is 0 Å². The summed E-state index contributed by atoms with van der Waals surface area (Å²) in [4.78, 5) is 42.0. The molecule has 1 amide bonds. The molecule has 8 rings (SSSR count). The van der Waals surface area contributed by atoms with Crippen LogP contribution in [0.1, 0.15) is 71.3 Å². The number of amides is 1. The number of hydrogen-bond donors (Lipinski definition) is 0. The zero-order valence-corrected chi connectivity index (χ0v) is 33.7. The molecular formula is C50H46N6O4. The van der Waals surface area contributed by atoms with Crippen LogP contribution in [0, 0.1) is 0 Å². The van der Waals surface area contributed by atoms with Gasteiger partial charge in [-0.05, 0) is 75.2 Å². The van der Waals surface area contributed by atoms with Gasteiger partial charge in [0.25, 0.3) is 5.91 Å². The van der Waals surface area contributed by atoms with Crippen LogP contribution >= 0.6 is 0 Å². The summed E-state index contributed by atoms with van der Waals surface area (Å²) in [5.41, 5.74) is 5.62. The molecule has 300 valence electrons. The van der Waals surface area contributed by atoms with E-state index in [9.17, 15) is 14.4 Å². The summed E-state index contributed by atoms with van der Waals surface area (Å²) >= 11 is 0. The Hall–Kier alpha value is -7.04. The van der Waals surface area contributed by atoms with E-state index in [0.717, 1.165) is 33.4 Å². The quantitative estimate of drug-likeness (QED) is 0.0793. The summed E-state index contributed by atoms with van der Waals surface area (Å²) in [5.74, 6) is -0.362. The van der Waals surface area contributed by atoms with Gasteiger partial charge in [0.15, 0.2) is 11.6 Å². The van der Waals surface area contributed by atoms with Crippen molar-refractivity contribution in [2.24, 2.45) is 0 Å². The van der Waals surface area contributed by atoms with Crippen molar-refractivity contribution in [3.8, 4) is 22.5 Å². The SMILES string of the molecule is CCCC(=O)[C@H](c1ccc(-c2ccccc2-c2nnnn2C(c2ccccc2)(c2ccccc2)c2ccccc2)cc1)N(C(=O)c1ccccc1)N1CCC[C@H]1C(=O)OC. The lowest BCUT2D eigenvalue weighted by molar-refractivity contribution is -0.155. The molecule has 0 bridgehead atoms. The Kier molecular flexibility index (Phi) is 11.8. The molecule has 0 aliphatic carbocycles. The summed E-state index contributed by atoms with van der Waals surface area (Å²) in [6.45, 7) is 2.37. The van der Waals surface area contributed by atoms with Crippen LogP contribution in [0.3, 0.4) is 0 Å². The van der Waals surface area contributed by atoms with Gasteiger partial charge in [0.05, 0.1) is 7.11 Å². The Morgan fingerprint density at radius 2 is 1.25 bits per heavy atom. The van der Waals surface area contributed by atoms with Gasteiger partial charge in [-0.2, -0.15) is 0 Å². The van der Waals surface area contributed by atoms with Crippen molar-refractivity contribution in [1.82, 2.24) is 30.2 Å². The molecule has 0 saturated carbocycles. The first kappa shape index (κ1) is 39.8. The van der Waals surface area contributed by atoms with Gasteiger partial charge in [0.2, 0.25) is 0 Å². The fourth-order valence-corrected chi connectivity index (χ4v) is 8.59. The number of ketones is 1. The van der Waals surface area contributed by atoms with Gasteiger partial charge in [-0.1, -0.05) is 165 Å². The monoisotopic (exact) mass is 794 g/mol. The van der Waals surface area contributed by atoms with Crippen molar-refractivity contribution in [1.29, 1.82) is 0 Å². The van der Waals surface area contributed by atoms with E-state index in [1.807, 2.05) is 121 Å². The van der Waals surface area contributed by atoms with E-state index in [1.54, 1.807) is 29.3 Å². The van der Waals surface area contributed by atoms with Crippen LogP contribution in [-0.4, -0.2) is 67.6 Å². The molecule has 0 N–H and O–H groups in total. The van der Waals surface area contributed by atoms with E-state index in [0.29, 0.717) is 42.8 Å². The van der Waals surface area contributed by atoms with E-state index >= 15 is 0 Å². The van der Waals surface area contributed by atoms with Crippen molar-refractivity contribution in [3.05, 3.63) is 198 Å². The number of methoxy groups -OCH3 is 1. The highest BCUT2D eigenvalue weighted by Gasteiger charge is 2.44. The third-order valence-corrected chi connectivity index (χ3v) is 11.3. The topological polar surface area (TPSA) is 111 Å². The van der Waals surface area contributed by atoms with Gasteiger partial charge >= 0.3 is 5.97 Å². The molecule has 0 unspecified atom stereocenters. The highest BCUT2D eigenvalue weighted by atomic mass is 16.5. The Balaban J connectivity index is 1.25. The molecule has 1 aliphatic rings. The minimum absolute atomic E-state index is 0.122. The van der Waals surface area contributed by atoms with Crippen molar-refractivity contribution >= 4 is 17.7 Å². The number of rotatable bonds is 14. The van der Waals surface area contributed by atoms with E-state index in [-0.39, 0.29) is 18.1 Å². The standard InChI is InChI=1S/C50H46N6O4/c1-3-19-45(57)46(55(48(58)38-20-8-4-9-21-38)54-35-18-30-44(54)49(59)60-2)37-33-31-36(32-34-37)42-28-16-17-29-43(42)47-51-52-53-56(47)50(39-22-10-5-11-23-39,40-24-12-6-13-25-40)41-26-14-7-15-27-41/h4-17,20-29,31-34,44,46H,3,18-19,30,35H2,1-2H3/t44-,46-/m0/s1. The second kappa shape index (κ2) is 17.8. The predicted octanol–water partition coefficient (Wildman–Crippen LogP) is 8.95. The largest absolute Gasteiger partial charge is 0.468 e. The summed E-state index contributed by atoms with van der Waals surface area (Å²) < 4.78 is 7.10. The molecule has 7 aromatic rings. The fraction of sp³-hybridized carbons (Fsp3) is 0.200. The van der Waals surface area contributed by atoms with Gasteiger partial charge in [0, 0.05) is 24.1 Å². The van der Waals surface area contributed by atoms with Crippen LogP contribution in [0.25, 0.3) is 22.5 Å². The summed E-state index contributed by atoms with van der Waals surface area (Å²) in [7, 11) is 1.35. The number of ether oxygens (including phenoxy) is 1. The van der Waals surface area contributed by atoms with Crippen LogP contribution in [0.4, 0.5) is 0 Å². The molecule has 0 radical (unpaired) electrons. The van der Waals surface area contributed by atoms with E-state index in [4.69, 9.17) is 15.0 Å². The lowest BCUT2D eigenvalue weighted by atomic mass is 9.77. The third kappa shape index (κ3) is 7.42. The molecular weight excluding hydrogens is 749 g/mol. The Labute approximate surface area is 350 Å². The van der Waals surface area contributed by atoms with E-state index in [2.05, 4.69) is 41.6 Å². The minimum atomic E-state index is -0.984. The molecule has 10 heteroatoms. The van der Waals surface area contributed by atoms with Crippen LogP contribution in [0.2, 0.25) is 0 Å². The highest BCUT2D eigenvalue weighted by molar-refractivity contribution is 5.98. The number of tetrazole rings is 1. The van der Waals surface area contributed by atoms with Gasteiger partial charge < -0.3 is 4.74 Å². The molecule has 1 saturated heterocycles. The first-order valence-corrected chi connectivity index (χ1v) is 20.4. The average molecular weight is 795 g/mol. The number of carbonyl (C=O) groups excluding carboxylic acids is 3. The highest BCUT2D eigenvalue weighted by Crippen LogP contribution is 2.44. The lowest BCUT2D eigenvalue weighted by Gasteiger charge is -2.40. The lowest BCUT2D eigenvalue weighted by Crippen LogP contribution is -2.54. The number of carbonyl (C=O) groups is 3. The first-order valence-electron chi connectivity index (χ1n) is 20.4. The Morgan fingerprint density at radius 3 is 1.80 bits per heavy atom. The molecule has 1 aliphatic heterocycles. The summed E-state index contributed by atoms with van der Waals surface area (Å²) in [6.07, 6.45) is 2.02. The van der Waals surface area contributed by atoms with Gasteiger partial charge in [-0.3, -0.25) is 19.4 Å². The molecule has 2 atom stereocenters. The zero-order chi connectivity index (χ0) is 41.5. The fourth-order valence-electron chi connectivity index (χ4n) is 8.59. The zero-order valence-electron chi connectivity index (χ0n) is 33.7. The Bertz CT molecular complexity index is 2450. The van der Waals surface area contributed by atoms with Crippen LogP contribution in [0.15, 0.2) is 170 Å². The smallest absolute Gasteiger partial charge is 0.324 e. The van der Waals surface area contributed by atoms with E-state index < -0.39 is 23.6 Å². The normalized spacial score (nSPS) is 14.7. The molecule has 1 aromatic heterocycles. The number of hydrogen-bond acceptors (Lipinski definition) is 8. The van der Waals surface area contributed by atoms with Crippen LogP contribution in [-0.2, 0) is 19.9 Å². The maximum Gasteiger partial charge on any atom is 0.324 e. The average Bonchev–Trinajstić information content (AvgIpc) is 4.01. The van der Waals surface area contributed by atoms with Crippen molar-refractivity contribution in [2.75, 3.05) is 13.7 Å². The molecule has 10 nitrogen and oxygen atoms in total. The molecule has 0 spiro atoms. The van der Waals surface area contributed by atoms with E-state index in [1.165, 1.54) is 12.1 Å². The minimum Gasteiger partial charge on any atom is -0.468 e.